The van der Waals surface area contributed by atoms with Crippen LogP contribution in [0.15, 0.2) is 0 Å². The molecule has 496 valence electrons. The Bertz CT molecular complexity index is 753. The lowest BCUT2D eigenvalue weighted by atomic mass is 9.95. The van der Waals surface area contributed by atoms with Crippen LogP contribution in [0.5, 0.6) is 0 Å². The van der Waals surface area contributed by atoms with Gasteiger partial charge < -0.3 is 29.7 Å². The Morgan fingerprint density at radius 2 is 0.700 bits per heavy atom. The van der Waals surface area contributed by atoms with Gasteiger partial charge in [0, 0.05) is 37.8 Å². The smallest absolute Gasteiger partial charge is 0.0969 e. The second kappa shape index (κ2) is 74.8. The molecule has 80 heavy (non-hydrogen) atoms. The molecule has 8 heteroatoms. The summed E-state index contributed by atoms with van der Waals surface area (Å²) in [5.41, 5.74) is 2.85. The number of nitrogens with one attached hydrogen (secondary N) is 4. The predicted octanol–water partition coefficient (Wildman–Crippen LogP) is 21.5. The van der Waals surface area contributed by atoms with Gasteiger partial charge in [0.15, 0.2) is 0 Å². The van der Waals surface area contributed by atoms with Gasteiger partial charge in [-0.05, 0) is 130 Å². The molecule has 0 amide bonds. The van der Waals surface area contributed by atoms with Crippen LogP contribution in [-0.4, -0.2) is 83.6 Å². The van der Waals surface area contributed by atoms with Gasteiger partial charge in [0.2, 0.25) is 0 Å². The first-order valence-electron chi connectivity index (χ1n) is 35.8. The van der Waals surface area contributed by atoms with Crippen molar-refractivity contribution in [3.05, 3.63) is 0 Å². The maximum atomic E-state index is 5.41. The number of hydroxylamine groups is 1. The molecule has 8 nitrogen and oxygen atoms in total. The van der Waals surface area contributed by atoms with Gasteiger partial charge >= 0.3 is 0 Å². The molecule has 2 saturated carbocycles. The zero-order chi connectivity index (χ0) is 63.9. The highest BCUT2D eigenvalue weighted by atomic mass is 16.7. The Balaban J connectivity index is -0.000000119. The van der Waals surface area contributed by atoms with E-state index in [1.54, 1.807) is 0 Å². The zero-order valence-corrected chi connectivity index (χ0v) is 61.8. The summed E-state index contributed by atoms with van der Waals surface area (Å²) in [6, 6.07) is 1.41. The molecule has 8 fully saturated rings. The Hall–Kier alpha value is -0.320. The third-order valence-corrected chi connectivity index (χ3v) is 15.3. The Morgan fingerprint density at radius 1 is 0.312 bits per heavy atom. The van der Waals surface area contributed by atoms with Crippen LogP contribution in [0.4, 0.5) is 0 Å². The van der Waals surface area contributed by atoms with E-state index in [0.717, 1.165) is 111 Å². The Kier molecular flexibility index (Phi) is 89.7. The summed E-state index contributed by atoms with van der Waals surface area (Å²) in [6.45, 7) is 77.5. The van der Waals surface area contributed by atoms with Gasteiger partial charge in [-0.1, -0.05) is 273 Å². The lowest BCUT2D eigenvalue weighted by Crippen LogP contribution is -2.28. The van der Waals surface area contributed by atoms with Crippen molar-refractivity contribution in [2.24, 2.45) is 71.0 Å². The van der Waals surface area contributed by atoms with E-state index >= 15 is 0 Å². The molecule has 6 saturated heterocycles. The van der Waals surface area contributed by atoms with Gasteiger partial charge in [-0.2, -0.15) is 0 Å². The summed E-state index contributed by atoms with van der Waals surface area (Å²) in [4.78, 5) is 4.97. The van der Waals surface area contributed by atoms with Crippen molar-refractivity contribution < 1.29 is 19.0 Å². The van der Waals surface area contributed by atoms with Crippen LogP contribution in [0.2, 0.25) is 0 Å². The number of hydrogen-bond acceptors (Lipinski definition) is 8. The molecule has 8 rings (SSSR count). The monoisotopic (exact) mass is 1150 g/mol. The molecule has 6 aliphatic heterocycles. The molecule has 6 unspecified atom stereocenters. The lowest BCUT2D eigenvalue weighted by molar-refractivity contribution is 0.0757. The first kappa shape index (κ1) is 96.0. The minimum absolute atomic E-state index is 0.565. The van der Waals surface area contributed by atoms with Crippen LogP contribution in [-0.2, 0) is 19.0 Å². The largest absolute Gasteiger partial charge is 0.378 e. The summed E-state index contributed by atoms with van der Waals surface area (Å²) in [6.07, 6.45) is 22.3. The van der Waals surface area contributed by atoms with E-state index in [9.17, 15) is 0 Å². The fraction of sp³-hybridized carbons (Fsp3) is 1.00. The normalized spacial score (nSPS) is 22.9. The van der Waals surface area contributed by atoms with Crippen LogP contribution < -0.4 is 21.4 Å². The van der Waals surface area contributed by atoms with Crippen LogP contribution >= 0.6 is 0 Å². The van der Waals surface area contributed by atoms with Gasteiger partial charge in [0.05, 0.1) is 32.2 Å². The van der Waals surface area contributed by atoms with Crippen LogP contribution in [0, 0.1) is 71.0 Å². The van der Waals surface area contributed by atoms with Gasteiger partial charge in [0.25, 0.3) is 0 Å². The van der Waals surface area contributed by atoms with E-state index in [1.165, 1.54) is 116 Å². The quantitative estimate of drug-likeness (QED) is 0.191. The fourth-order valence-electron chi connectivity index (χ4n) is 9.69. The summed E-state index contributed by atoms with van der Waals surface area (Å²) in [7, 11) is 0. The average Bonchev–Trinajstić information content (AvgIpc) is 4.34. The molecule has 0 bridgehead atoms. The first-order chi connectivity index (χ1) is 38.4. The highest BCUT2D eigenvalue weighted by molar-refractivity contribution is 4.77. The third-order valence-electron chi connectivity index (χ3n) is 15.3. The van der Waals surface area contributed by atoms with Crippen LogP contribution in [0.25, 0.3) is 0 Å². The number of ether oxygens (including phenoxy) is 3. The maximum Gasteiger partial charge on any atom is 0.0969 e. The van der Waals surface area contributed by atoms with Gasteiger partial charge in [-0.25, -0.2) is 5.48 Å². The highest BCUT2D eigenvalue weighted by Gasteiger charge is 2.22. The molecule has 6 atom stereocenters. The predicted molar refractivity (Wildman–Crippen MR) is 369 cm³/mol. The van der Waals surface area contributed by atoms with Gasteiger partial charge in [-0.15, -0.1) is 0 Å². The third kappa shape index (κ3) is 59.4. The Morgan fingerprint density at radius 3 is 0.850 bits per heavy atom. The molecule has 2 aliphatic carbocycles. The molecular formula is C72H164N4O4. The van der Waals surface area contributed by atoms with Crippen molar-refractivity contribution in [1.82, 2.24) is 21.4 Å². The summed E-state index contributed by atoms with van der Waals surface area (Å²) < 4.78 is 15.9. The fourth-order valence-corrected chi connectivity index (χ4v) is 9.69. The zero-order valence-electron chi connectivity index (χ0n) is 61.8. The van der Waals surface area contributed by atoms with E-state index in [1.807, 2.05) is 111 Å². The van der Waals surface area contributed by atoms with Crippen molar-refractivity contribution in [1.29, 1.82) is 0 Å². The van der Waals surface area contributed by atoms with Crippen LogP contribution in [0.1, 0.15) is 318 Å². The van der Waals surface area contributed by atoms with Crippen molar-refractivity contribution in [3.63, 3.8) is 0 Å². The molecule has 0 aromatic heterocycles. The Labute approximate surface area is 510 Å². The number of rotatable bonds is 8. The summed E-state index contributed by atoms with van der Waals surface area (Å²) >= 11 is 0. The minimum atomic E-state index is 0.565. The summed E-state index contributed by atoms with van der Waals surface area (Å²) in [5.74, 6) is 10.3. The van der Waals surface area contributed by atoms with E-state index in [0.29, 0.717) is 24.2 Å². The van der Waals surface area contributed by atoms with Crippen molar-refractivity contribution in [3.8, 4) is 0 Å². The minimum Gasteiger partial charge on any atom is -0.378 e. The molecular weight excluding hydrogens is 985 g/mol. The van der Waals surface area contributed by atoms with Gasteiger partial charge in [0.1, 0.15) is 0 Å². The van der Waals surface area contributed by atoms with Crippen molar-refractivity contribution >= 4 is 0 Å². The van der Waals surface area contributed by atoms with Crippen LogP contribution in [0.3, 0.4) is 0 Å². The van der Waals surface area contributed by atoms with E-state index in [-0.39, 0.29) is 0 Å². The number of hydrogen-bond donors (Lipinski definition) is 4. The standard InChI is InChI=1S/2C8H16.2C7H15N.2C7H14O.2C6H13NO.8C2H6/c2*1-7(2)8-5-3-4-6-8;1-6(2)7-3-4-8-5-7;3*1-6(2)7-4-3-5-8-7;1-5(2)6-3-8-4-7-6;1-5(2)6-3-7-8-4-6;8*1-2/h2*7-8H,3-6H2,1-2H3;2*6-8H,3-5H2,1-2H3;2*6-7H,3-5H2,1-2H3;2*5-7H,3-4H2,1-2H3;8*1-2H3. The van der Waals surface area contributed by atoms with E-state index < -0.39 is 0 Å². The summed E-state index contributed by atoms with van der Waals surface area (Å²) in [5, 5.41) is 10.0. The second-order valence-corrected chi connectivity index (χ2v) is 23.3. The molecule has 6 heterocycles. The molecule has 4 N–H and O–H groups in total. The molecule has 0 radical (unpaired) electrons. The van der Waals surface area contributed by atoms with Gasteiger partial charge in [-0.3, -0.25) is 5.32 Å². The van der Waals surface area contributed by atoms with Crippen molar-refractivity contribution in [2.45, 2.75) is 342 Å². The van der Waals surface area contributed by atoms with Crippen molar-refractivity contribution in [2.75, 3.05) is 59.3 Å². The molecule has 8 aliphatic rings. The lowest BCUT2D eigenvalue weighted by Gasteiger charge is -2.12. The van der Waals surface area contributed by atoms with E-state index in [4.69, 9.17) is 19.0 Å². The average molecular weight is 1150 g/mol. The second-order valence-electron chi connectivity index (χ2n) is 23.3. The topological polar surface area (TPSA) is 85.0 Å². The highest BCUT2D eigenvalue weighted by Crippen LogP contribution is 2.31. The first-order valence-corrected chi connectivity index (χ1v) is 35.8. The SMILES string of the molecule is CC.CC.CC.CC.CC.CC.CC.CC.CC(C)C1CCCC1.CC(C)C1CCCC1.CC(C)C1CCCN1.CC(C)C1CCCO1.CC(C)C1CCCO1.CC(C)C1CCNC1.CC(C)C1CNOC1.CC(C)C1COCN1. The molecule has 0 aromatic carbocycles. The molecule has 0 spiro atoms. The maximum absolute atomic E-state index is 5.41. The van der Waals surface area contributed by atoms with E-state index in [2.05, 4.69) is 132 Å². The molecule has 0 aromatic rings.